The maximum Gasteiger partial charge on any atom is 0.211 e. The Balaban J connectivity index is 1.57. The minimum absolute atomic E-state index is 0.168. The number of Topliss-reactive ketones (excluding diaryl/α,β-unsaturated/α-hetero) is 1. The first-order valence-electron chi connectivity index (χ1n) is 9.55. The lowest BCUT2D eigenvalue weighted by atomic mass is 10.1. The van der Waals surface area contributed by atoms with Crippen molar-refractivity contribution < 1.29 is 23.8 Å². The molecular formula is C24H20N2O5. The lowest BCUT2D eigenvalue weighted by Crippen LogP contribution is -2.12. The molecule has 7 heteroatoms. The molecule has 0 amide bonds. The standard InChI is InChI=1S/C24H20N2O5/c1-29-18-8-3-6-16(12-18)21(27)15-31-22-10-5-11-26-20(14-25-24(22)26)23(28)17-7-4-9-19(13-17)30-2/h3-14H,15H2,1-2H3. The van der Waals surface area contributed by atoms with Crippen LogP contribution in [0.15, 0.2) is 73.1 Å². The summed E-state index contributed by atoms with van der Waals surface area (Å²) in [6.07, 6.45) is 3.22. The Morgan fingerprint density at radius 2 is 1.58 bits per heavy atom. The van der Waals surface area contributed by atoms with Crippen LogP contribution >= 0.6 is 0 Å². The molecule has 0 radical (unpaired) electrons. The summed E-state index contributed by atoms with van der Waals surface area (Å²) < 4.78 is 17.7. The maximum absolute atomic E-state index is 13.0. The molecule has 31 heavy (non-hydrogen) atoms. The van der Waals surface area contributed by atoms with Crippen molar-refractivity contribution in [3.63, 3.8) is 0 Å². The number of methoxy groups -OCH3 is 2. The predicted molar refractivity (Wildman–Crippen MR) is 114 cm³/mol. The Morgan fingerprint density at radius 3 is 2.29 bits per heavy atom. The van der Waals surface area contributed by atoms with Crippen LogP contribution in [0.4, 0.5) is 0 Å². The zero-order valence-corrected chi connectivity index (χ0v) is 17.1. The Labute approximate surface area is 178 Å². The molecule has 0 unspecified atom stereocenters. The molecule has 4 rings (SSSR count). The van der Waals surface area contributed by atoms with E-state index < -0.39 is 0 Å². The number of hydrogen-bond acceptors (Lipinski definition) is 6. The average molecular weight is 416 g/mol. The lowest BCUT2D eigenvalue weighted by Gasteiger charge is -2.09. The van der Waals surface area contributed by atoms with E-state index in [0.29, 0.717) is 39.7 Å². The van der Waals surface area contributed by atoms with Crippen molar-refractivity contribution in [2.75, 3.05) is 20.8 Å². The number of ether oxygens (including phenoxy) is 3. The van der Waals surface area contributed by atoms with Crippen LogP contribution in [0.3, 0.4) is 0 Å². The predicted octanol–water partition coefficient (Wildman–Crippen LogP) is 3.84. The normalized spacial score (nSPS) is 10.6. The first-order valence-corrected chi connectivity index (χ1v) is 9.55. The molecule has 0 saturated heterocycles. The summed E-state index contributed by atoms with van der Waals surface area (Å²) in [5, 5.41) is 0. The number of carbonyl (C=O) groups excluding carboxylic acids is 2. The molecular weight excluding hydrogens is 396 g/mol. The van der Waals surface area contributed by atoms with Crippen LogP contribution in [0.2, 0.25) is 0 Å². The lowest BCUT2D eigenvalue weighted by molar-refractivity contribution is 0.0921. The number of nitrogens with zero attached hydrogens (tertiary/aromatic N) is 2. The first-order chi connectivity index (χ1) is 15.1. The Hall–Kier alpha value is -4.13. The highest BCUT2D eigenvalue weighted by Crippen LogP contribution is 2.23. The number of imidazole rings is 1. The van der Waals surface area contributed by atoms with E-state index in [-0.39, 0.29) is 18.2 Å². The molecule has 156 valence electrons. The van der Waals surface area contributed by atoms with Crippen LogP contribution in [0.1, 0.15) is 26.4 Å². The summed E-state index contributed by atoms with van der Waals surface area (Å²) in [5.41, 5.74) is 1.81. The molecule has 2 aromatic heterocycles. The topological polar surface area (TPSA) is 79.1 Å². The molecule has 0 fully saturated rings. The van der Waals surface area contributed by atoms with Crippen LogP contribution in [0.25, 0.3) is 5.65 Å². The number of hydrogen-bond donors (Lipinski definition) is 0. The van der Waals surface area contributed by atoms with Gasteiger partial charge in [-0.1, -0.05) is 24.3 Å². The van der Waals surface area contributed by atoms with E-state index in [0.717, 1.165) is 0 Å². The fourth-order valence-corrected chi connectivity index (χ4v) is 3.20. The molecule has 7 nitrogen and oxygen atoms in total. The molecule has 0 atom stereocenters. The van der Waals surface area contributed by atoms with Crippen molar-refractivity contribution in [1.82, 2.24) is 9.38 Å². The van der Waals surface area contributed by atoms with Crippen molar-refractivity contribution in [1.29, 1.82) is 0 Å². The van der Waals surface area contributed by atoms with Crippen molar-refractivity contribution >= 4 is 17.2 Å². The van der Waals surface area contributed by atoms with Gasteiger partial charge in [-0.05, 0) is 36.4 Å². The van der Waals surface area contributed by atoms with Gasteiger partial charge in [0.2, 0.25) is 5.78 Å². The minimum Gasteiger partial charge on any atom is -0.497 e. The van der Waals surface area contributed by atoms with Crippen LogP contribution < -0.4 is 14.2 Å². The van der Waals surface area contributed by atoms with Gasteiger partial charge < -0.3 is 14.2 Å². The number of carbonyl (C=O) groups is 2. The molecule has 0 bridgehead atoms. The van der Waals surface area contributed by atoms with Gasteiger partial charge in [-0.3, -0.25) is 14.0 Å². The summed E-state index contributed by atoms with van der Waals surface area (Å²) >= 11 is 0. The molecule has 4 aromatic rings. The van der Waals surface area contributed by atoms with E-state index in [4.69, 9.17) is 14.2 Å². The van der Waals surface area contributed by atoms with E-state index in [1.165, 1.54) is 6.20 Å². The number of ketones is 2. The molecule has 0 N–H and O–H groups in total. The summed E-state index contributed by atoms with van der Waals surface area (Å²) in [6.45, 7) is -0.168. The third kappa shape index (κ3) is 4.11. The number of rotatable bonds is 8. The Morgan fingerprint density at radius 1 is 0.903 bits per heavy atom. The molecule has 2 heterocycles. The van der Waals surface area contributed by atoms with E-state index in [1.54, 1.807) is 85.5 Å². The van der Waals surface area contributed by atoms with Crippen molar-refractivity contribution in [3.05, 3.63) is 89.9 Å². The van der Waals surface area contributed by atoms with Gasteiger partial charge in [-0.25, -0.2) is 4.98 Å². The summed E-state index contributed by atoms with van der Waals surface area (Å²) in [4.78, 5) is 29.8. The molecule has 0 aliphatic heterocycles. The summed E-state index contributed by atoms with van der Waals surface area (Å²) in [5.74, 6) is 1.21. The molecule has 0 spiro atoms. The highest BCUT2D eigenvalue weighted by atomic mass is 16.5. The van der Waals surface area contributed by atoms with Gasteiger partial charge in [0.05, 0.1) is 20.4 Å². The number of pyridine rings is 1. The van der Waals surface area contributed by atoms with Crippen molar-refractivity contribution in [3.8, 4) is 17.2 Å². The van der Waals surface area contributed by atoms with E-state index in [9.17, 15) is 9.59 Å². The smallest absolute Gasteiger partial charge is 0.211 e. The van der Waals surface area contributed by atoms with Gasteiger partial charge in [-0.2, -0.15) is 0 Å². The van der Waals surface area contributed by atoms with Gasteiger partial charge in [0.1, 0.15) is 17.2 Å². The number of aromatic nitrogens is 2. The maximum atomic E-state index is 13.0. The van der Waals surface area contributed by atoms with E-state index in [2.05, 4.69) is 4.98 Å². The van der Waals surface area contributed by atoms with Gasteiger partial charge >= 0.3 is 0 Å². The third-order valence-electron chi connectivity index (χ3n) is 4.82. The summed E-state index contributed by atoms with van der Waals surface area (Å²) in [6, 6.07) is 17.3. The second kappa shape index (κ2) is 8.71. The zero-order valence-electron chi connectivity index (χ0n) is 17.1. The average Bonchev–Trinajstić information content (AvgIpc) is 3.26. The minimum atomic E-state index is -0.198. The highest BCUT2D eigenvalue weighted by molar-refractivity contribution is 6.08. The van der Waals surface area contributed by atoms with E-state index in [1.807, 2.05) is 0 Å². The fraction of sp³-hybridized carbons (Fsp3) is 0.125. The second-order valence-corrected chi connectivity index (χ2v) is 6.71. The molecule has 2 aromatic carbocycles. The molecule has 0 aliphatic rings. The van der Waals surface area contributed by atoms with Gasteiger partial charge in [0.15, 0.2) is 23.8 Å². The Kier molecular flexibility index (Phi) is 5.66. The third-order valence-corrected chi connectivity index (χ3v) is 4.82. The highest BCUT2D eigenvalue weighted by Gasteiger charge is 2.17. The Bertz CT molecular complexity index is 1260. The van der Waals surface area contributed by atoms with Gasteiger partial charge in [0.25, 0.3) is 0 Å². The van der Waals surface area contributed by atoms with Crippen LogP contribution in [-0.2, 0) is 0 Å². The molecule has 0 aliphatic carbocycles. The quantitative estimate of drug-likeness (QED) is 0.406. The first kappa shape index (κ1) is 20.2. The van der Waals surface area contributed by atoms with Crippen molar-refractivity contribution in [2.24, 2.45) is 0 Å². The van der Waals surface area contributed by atoms with Crippen LogP contribution in [0.5, 0.6) is 17.2 Å². The molecule has 0 saturated carbocycles. The van der Waals surface area contributed by atoms with Crippen molar-refractivity contribution in [2.45, 2.75) is 0 Å². The zero-order chi connectivity index (χ0) is 21.8. The summed E-state index contributed by atoms with van der Waals surface area (Å²) in [7, 11) is 3.09. The fourth-order valence-electron chi connectivity index (χ4n) is 3.20. The SMILES string of the molecule is COc1cccc(C(=O)COc2cccn3c(C(=O)c4cccc(OC)c4)cnc23)c1. The van der Waals surface area contributed by atoms with Crippen LogP contribution in [0, 0.1) is 0 Å². The van der Waals surface area contributed by atoms with Crippen LogP contribution in [-0.4, -0.2) is 41.8 Å². The van der Waals surface area contributed by atoms with Gasteiger partial charge in [-0.15, -0.1) is 0 Å². The van der Waals surface area contributed by atoms with Gasteiger partial charge in [0, 0.05) is 17.3 Å². The number of benzene rings is 2. The number of fused-ring (bicyclic) bond motifs is 1. The second-order valence-electron chi connectivity index (χ2n) is 6.71. The largest absolute Gasteiger partial charge is 0.497 e. The monoisotopic (exact) mass is 416 g/mol. The van der Waals surface area contributed by atoms with E-state index >= 15 is 0 Å².